The Hall–Kier alpha value is -1.13. The normalized spacial score (nSPS) is 43.0. The van der Waals surface area contributed by atoms with Crippen LogP contribution in [0.1, 0.15) is 12.8 Å². The van der Waals surface area contributed by atoms with Crippen LogP contribution in [0.2, 0.25) is 0 Å². The quantitative estimate of drug-likeness (QED) is 0.175. The highest BCUT2D eigenvalue weighted by atomic mass is 16.7. The van der Waals surface area contributed by atoms with Gasteiger partial charge in [-0.3, -0.25) is 0 Å². The summed E-state index contributed by atoms with van der Waals surface area (Å²) >= 11 is 0. The zero-order valence-corrected chi connectivity index (χ0v) is 16.2. The average Bonchev–Trinajstić information content (AvgIpc) is 2.68. The predicted molar refractivity (Wildman–Crippen MR) is 101 cm³/mol. The molecule has 1 saturated heterocycles. The number of aliphatic hydroxyl groups excluding tert-OH is 3. The minimum absolute atomic E-state index is 0.0797. The van der Waals surface area contributed by atoms with Gasteiger partial charge in [-0.2, -0.15) is 0 Å². The molecule has 1 amide bonds. The molecule has 14 N–H and O–H groups in total. The summed E-state index contributed by atoms with van der Waals surface area (Å²) in [5.41, 5.74) is 28.9. The van der Waals surface area contributed by atoms with Crippen LogP contribution in [-0.4, -0.2) is 102 Å². The summed E-state index contributed by atoms with van der Waals surface area (Å²) in [6.07, 6.45) is -8.22. The van der Waals surface area contributed by atoms with Gasteiger partial charge >= 0.3 is 6.09 Å². The van der Waals surface area contributed by atoms with Crippen LogP contribution in [0.3, 0.4) is 0 Å². The van der Waals surface area contributed by atoms with E-state index in [2.05, 4.69) is 5.32 Å². The molecule has 2 rings (SSSR count). The van der Waals surface area contributed by atoms with E-state index in [-0.39, 0.29) is 13.0 Å². The number of aliphatic hydroxyl groups is 3. The van der Waals surface area contributed by atoms with Crippen molar-refractivity contribution >= 4 is 6.09 Å². The van der Waals surface area contributed by atoms with Gasteiger partial charge in [0.05, 0.1) is 6.04 Å². The van der Waals surface area contributed by atoms with Gasteiger partial charge in [0.2, 0.25) is 0 Å². The Balaban J connectivity index is 2.04. The molecule has 0 bridgehead atoms. The zero-order valence-electron chi connectivity index (χ0n) is 16.2. The largest absolute Gasteiger partial charge is 0.442 e. The van der Waals surface area contributed by atoms with Crippen molar-refractivity contribution in [2.75, 3.05) is 19.6 Å². The molecular formula is C16H34N6O7. The third-order valence-corrected chi connectivity index (χ3v) is 5.23. The van der Waals surface area contributed by atoms with Crippen LogP contribution in [0, 0.1) is 0 Å². The molecule has 10 atom stereocenters. The molecule has 0 radical (unpaired) electrons. The standard InChI is InChI=1S/C16H34N6O7/c17-2-1-3-22-16(26)29-14-7(20)4-6(19)13(12(14)25)28-15-9(21)11(24)10(23)8(5-18)27-15/h6-15,23-25H,1-5,17-21H2,(H,22,26)/t6-,7+,8+,9+,10+,11+,12-,13+,14-,15+/m0/s1. The zero-order chi connectivity index (χ0) is 21.7. The fourth-order valence-electron chi connectivity index (χ4n) is 3.50. The SMILES string of the molecule is NCCCNC(=O)O[C@@H]1[C@@H](O)[C@H](O[C@H]2O[C@H](CN)[C@@H](O)[C@H](O)[C@H]2N)[C@@H](N)C[C@H]1N. The van der Waals surface area contributed by atoms with Crippen molar-refractivity contribution in [3.8, 4) is 0 Å². The fraction of sp³-hybridized carbons (Fsp3) is 0.938. The average molecular weight is 422 g/mol. The molecule has 2 fully saturated rings. The molecule has 0 aromatic heterocycles. The van der Waals surface area contributed by atoms with Crippen molar-refractivity contribution in [3.05, 3.63) is 0 Å². The van der Waals surface area contributed by atoms with Crippen LogP contribution in [0.25, 0.3) is 0 Å². The summed E-state index contributed by atoms with van der Waals surface area (Å²) in [4.78, 5) is 11.9. The lowest BCUT2D eigenvalue weighted by Crippen LogP contribution is -2.68. The van der Waals surface area contributed by atoms with Crippen LogP contribution in [0.5, 0.6) is 0 Å². The number of ether oxygens (including phenoxy) is 3. The van der Waals surface area contributed by atoms with Crippen molar-refractivity contribution < 1.29 is 34.3 Å². The predicted octanol–water partition coefficient (Wildman–Crippen LogP) is -5.03. The molecule has 1 aliphatic heterocycles. The number of amides is 1. The number of rotatable bonds is 7. The van der Waals surface area contributed by atoms with E-state index in [9.17, 15) is 20.1 Å². The molecule has 0 spiro atoms. The highest BCUT2D eigenvalue weighted by Crippen LogP contribution is 2.28. The molecule has 29 heavy (non-hydrogen) atoms. The number of hydrogen-bond donors (Lipinski definition) is 9. The first-order valence-electron chi connectivity index (χ1n) is 9.67. The van der Waals surface area contributed by atoms with E-state index in [0.29, 0.717) is 19.5 Å². The summed E-state index contributed by atoms with van der Waals surface area (Å²) in [5, 5.41) is 33.3. The number of alkyl carbamates (subject to hydrolysis) is 1. The third-order valence-electron chi connectivity index (χ3n) is 5.23. The van der Waals surface area contributed by atoms with Crippen LogP contribution >= 0.6 is 0 Å². The van der Waals surface area contributed by atoms with E-state index >= 15 is 0 Å². The van der Waals surface area contributed by atoms with Gasteiger partial charge in [0.1, 0.15) is 36.6 Å². The molecule has 2 aliphatic rings. The number of nitrogens with two attached hydrogens (primary N) is 5. The van der Waals surface area contributed by atoms with E-state index in [1.165, 1.54) is 0 Å². The molecule has 0 unspecified atom stereocenters. The summed E-state index contributed by atoms with van der Waals surface area (Å²) < 4.78 is 16.5. The molecule has 170 valence electrons. The van der Waals surface area contributed by atoms with E-state index in [1.807, 2.05) is 0 Å². The number of hydrogen-bond acceptors (Lipinski definition) is 12. The van der Waals surface area contributed by atoms with Crippen LogP contribution in [-0.2, 0) is 14.2 Å². The molecule has 1 aliphatic carbocycles. The van der Waals surface area contributed by atoms with Gasteiger partial charge in [-0.05, 0) is 19.4 Å². The molecule has 13 heteroatoms. The van der Waals surface area contributed by atoms with Gasteiger partial charge in [-0.15, -0.1) is 0 Å². The smallest absolute Gasteiger partial charge is 0.407 e. The molecule has 13 nitrogen and oxygen atoms in total. The Labute approximate surface area is 168 Å². The lowest BCUT2D eigenvalue weighted by molar-refractivity contribution is -0.287. The van der Waals surface area contributed by atoms with E-state index in [0.717, 1.165) is 0 Å². The highest BCUT2D eigenvalue weighted by Gasteiger charge is 2.49. The fourth-order valence-corrected chi connectivity index (χ4v) is 3.50. The number of nitrogens with one attached hydrogen (secondary N) is 1. The first-order valence-corrected chi connectivity index (χ1v) is 9.67. The number of carbonyl (C=O) groups is 1. The van der Waals surface area contributed by atoms with Gasteiger partial charge < -0.3 is 63.5 Å². The van der Waals surface area contributed by atoms with Crippen molar-refractivity contribution in [3.63, 3.8) is 0 Å². The van der Waals surface area contributed by atoms with E-state index in [4.69, 9.17) is 42.9 Å². The lowest BCUT2D eigenvalue weighted by atomic mass is 9.84. The van der Waals surface area contributed by atoms with Crippen LogP contribution in [0.4, 0.5) is 4.79 Å². The summed E-state index contributed by atoms with van der Waals surface area (Å²) in [7, 11) is 0. The highest BCUT2D eigenvalue weighted by molar-refractivity contribution is 5.67. The Morgan fingerprint density at radius 1 is 1.03 bits per heavy atom. The van der Waals surface area contributed by atoms with Gasteiger partial charge in [0, 0.05) is 25.2 Å². The second-order valence-corrected chi connectivity index (χ2v) is 7.43. The van der Waals surface area contributed by atoms with Crippen molar-refractivity contribution in [1.82, 2.24) is 5.32 Å². The molecule has 1 heterocycles. The minimum atomic E-state index is -1.37. The van der Waals surface area contributed by atoms with Gasteiger partial charge in [-0.1, -0.05) is 0 Å². The maximum atomic E-state index is 11.9. The topological polar surface area (TPSA) is 248 Å². The maximum Gasteiger partial charge on any atom is 0.407 e. The molecule has 0 aromatic rings. The second-order valence-electron chi connectivity index (χ2n) is 7.43. The Morgan fingerprint density at radius 2 is 1.69 bits per heavy atom. The minimum Gasteiger partial charge on any atom is -0.442 e. The van der Waals surface area contributed by atoms with Gasteiger partial charge in [0.15, 0.2) is 6.29 Å². The lowest BCUT2D eigenvalue weighted by Gasteiger charge is -2.46. The van der Waals surface area contributed by atoms with Gasteiger partial charge in [-0.25, -0.2) is 4.79 Å². The Kier molecular flexibility index (Phi) is 8.96. The maximum absolute atomic E-state index is 11.9. The monoisotopic (exact) mass is 422 g/mol. The second kappa shape index (κ2) is 10.8. The van der Waals surface area contributed by atoms with E-state index in [1.54, 1.807) is 0 Å². The first kappa shape index (κ1) is 24.1. The summed E-state index contributed by atoms with van der Waals surface area (Å²) in [6, 6.07) is -2.54. The summed E-state index contributed by atoms with van der Waals surface area (Å²) in [5.74, 6) is 0. The van der Waals surface area contributed by atoms with Crippen LogP contribution < -0.4 is 34.0 Å². The summed E-state index contributed by atoms with van der Waals surface area (Å²) in [6.45, 7) is 0.643. The molecule has 1 saturated carbocycles. The van der Waals surface area contributed by atoms with Gasteiger partial charge in [0.25, 0.3) is 0 Å². The first-order chi connectivity index (χ1) is 13.7. The Bertz CT molecular complexity index is 530. The molecular weight excluding hydrogens is 388 g/mol. The van der Waals surface area contributed by atoms with E-state index < -0.39 is 67.1 Å². The molecule has 0 aromatic carbocycles. The van der Waals surface area contributed by atoms with Crippen molar-refractivity contribution in [2.45, 2.75) is 73.9 Å². The van der Waals surface area contributed by atoms with Crippen molar-refractivity contribution in [1.29, 1.82) is 0 Å². The van der Waals surface area contributed by atoms with Crippen LogP contribution in [0.15, 0.2) is 0 Å². The Morgan fingerprint density at radius 3 is 2.31 bits per heavy atom. The third kappa shape index (κ3) is 5.73. The van der Waals surface area contributed by atoms with Crippen molar-refractivity contribution in [2.24, 2.45) is 28.7 Å². The number of carbonyl (C=O) groups excluding carboxylic acids is 1.